The Hall–Kier alpha value is -2.47. The number of rotatable bonds is 8. The first-order chi connectivity index (χ1) is 17.2. The Balaban J connectivity index is 1.30. The Labute approximate surface area is 209 Å². The molecule has 186 valence electrons. The first-order valence-corrected chi connectivity index (χ1v) is 13.3. The number of nitrogens with zero attached hydrogens (tertiary/aromatic N) is 2. The Kier molecular flexibility index (Phi) is 7.66. The summed E-state index contributed by atoms with van der Waals surface area (Å²) >= 11 is 0. The summed E-state index contributed by atoms with van der Waals surface area (Å²) < 4.78 is 12.7. The zero-order valence-electron chi connectivity index (χ0n) is 21.2. The van der Waals surface area contributed by atoms with E-state index in [-0.39, 0.29) is 5.41 Å². The highest BCUT2D eigenvalue weighted by Gasteiger charge is 2.40. The van der Waals surface area contributed by atoms with E-state index in [9.17, 15) is 0 Å². The maximum Gasteiger partial charge on any atom is 0.217 e. The van der Waals surface area contributed by atoms with Gasteiger partial charge in [0.2, 0.25) is 6.29 Å². The van der Waals surface area contributed by atoms with Crippen molar-refractivity contribution in [1.82, 2.24) is 14.9 Å². The highest BCUT2D eigenvalue weighted by Crippen LogP contribution is 2.41. The molecule has 2 fully saturated rings. The molecule has 0 bridgehead atoms. The van der Waals surface area contributed by atoms with Crippen molar-refractivity contribution in [3.8, 4) is 22.5 Å². The van der Waals surface area contributed by atoms with Crippen LogP contribution in [0.4, 0.5) is 0 Å². The van der Waals surface area contributed by atoms with Gasteiger partial charge in [-0.05, 0) is 44.8 Å². The molecule has 3 aromatic rings. The third-order valence-electron chi connectivity index (χ3n) is 7.90. The fourth-order valence-corrected chi connectivity index (χ4v) is 5.70. The van der Waals surface area contributed by atoms with Crippen molar-refractivity contribution >= 4 is 0 Å². The van der Waals surface area contributed by atoms with Crippen molar-refractivity contribution in [3.05, 3.63) is 66.5 Å². The van der Waals surface area contributed by atoms with Gasteiger partial charge < -0.3 is 19.4 Å². The van der Waals surface area contributed by atoms with E-state index < -0.39 is 6.29 Å². The first kappa shape index (κ1) is 24.2. The third kappa shape index (κ3) is 5.53. The van der Waals surface area contributed by atoms with Crippen LogP contribution >= 0.6 is 0 Å². The van der Waals surface area contributed by atoms with Crippen molar-refractivity contribution in [1.29, 1.82) is 0 Å². The van der Waals surface area contributed by atoms with Crippen molar-refractivity contribution in [2.75, 3.05) is 32.8 Å². The van der Waals surface area contributed by atoms with Crippen LogP contribution in [0.2, 0.25) is 0 Å². The average molecular weight is 474 g/mol. The van der Waals surface area contributed by atoms with Gasteiger partial charge in [0.1, 0.15) is 0 Å². The maximum atomic E-state index is 6.36. The highest BCUT2D eigenvalue weighted by atomic mass is 16.7. The van der Waals surface area contributed by atoms with Crippen molar-refractivity contribution in [2.24, 2.45) is 11.3 Å². The molecule has 5 rings (SSSR count). The van der Waals surface area contributed by atoms with Gasteiger partial charge in [0.25, 0.3) is 0 Å². The van der Waals surface area contributed by atoms with E-state index >= 15 is 0 Å². The van der Waals surface area contributed by atoms with Gasteiger partial charge in [-0.25, -0.2) is 4.98 Å². The van der Waals surface area contributed by atoms with Gasteiger partial charge in [0.15, 0.2) is 5.82 Å². The van der Waals surface area contributed by atoms with Gasteiger partial charge in [-0.2, -0.15) is 0 Å². The van der Waals surface area contributed by atoms with E-state index in [1.54, 1.807) is 0 Å². The molecule has 0 saturated carbocycles. The Morgan fingerprint density at radius 1 is 0.943 bits per heavy atom. The Morgan fingerprint density at radius 2 is 1.57 bits per heavy atom. The lowest BCUT2D eigenvalue weighted by molar-refractivity contribution is -0.245. The average Bonchev–Trinajstić information content (AvgIpc) is 3.37. The van der Waals surface area contributed by atoms with Crippen LogP contribution in [0, 0.1) is 11.3 Å². The van der Waals surface area contributed by atoms with Gasteiger partial charge >= 0.3 is 0 Å². The molecule has 2 aliphatic rings. The molecule has 1 N–H and O–H groups in total. The minimum absolute atomic E-state index is 0.0259. The quantitative estimate of drug-likeness (QED) is 0.396. The maximum absolute atomic E-state index is 6.36. The lowest BCUT2D eigenvalue weighted by Crippen LogP contribution is -2.43. The third-order valence-corrected chi connectivity index (χ3v) is 7.90. The van der Waals surface area contributed by atoms with Gasteiger partial charge in [0.05, 0.1) is 24.6 Å². The van der Waals surface area contributed by atoms with Gasteiger partial charge in [-0.15, -0.1) is 0 Å². The number of H-pyrrole nitrogens is 1. The van der Waals surface area contributed by atoms with Crippen molar-refractivity contribution < 1.29 is 9.47 Å². The molecule has 0 spiro atoms. The van der Waals surface area contributed by atoms with E-state index in [2.05, 4.69) is 60.1 Å². The van der Waals surface area contributed by atoms with Crippen LogP contribution in [0.15, 0.2) is 60.7 Å². The fourth-order valence-electron chi connectivity index (χ4n) is 5.70. The standard InChI is InChI=1S/C30H39N3O2/c1-3-25(17-20-33-18-11-6-12-19-33)30(2)21-34-29(35-22-30)28-31-26(23-13-7-4-8-14-23)27(32-28)24-15-9-5-10-16-24/h4-5,7-10,13-16,25,29H,3,6,11-12,17-22H2,1-2H3,(H,31,32). The monoisotopic (exact) mass is 473 g/mol. The largest absolute Gasteiger partial charge is 0.345 e. The normalized spacial score (nSPS) is 24.3. The van der Waals surface area contributed by atoms with Crippen molar-refractivity contribution in [3.63, 3.8) is 0 Å². The van der Waals surface area contributed by atoms with E-state index in [0.717, 1.165) is 34.8 Å². The number of imidazole rings is 1. The zero-order valence-corrected chi connectivity index (χ0v) is 21.2. The Morgan fingerprint density at radius 3 is 2.20 bits per heavy atom. The highest BCUT2D eigenvalue weighted by molar-refractivity contribution is 5.78. The minimum Gasteiger partial charge on any atom is -0.345 e. The summed E-state index contributed by atoms with van der Waals surface area (Å²) in [5.74, 6) is 1.33. The van der Waals surface area contributed by atoms with Crippen LogP contribution in [0.25, 0.3) is 22.5 Å². The molecule has 1 unspecified atom stereocenters. The van der Waals surface area contributed by atoms with Crippen LogP contribution in [0.3, 0.4) is 0 Å². The molecule has 5 heteroatoms. The van der Waals surface area contributed by atoms with Crippen LogP contribution in [-0.4, -0.2) is 47.7 Å². The number of benzene rings is 2. The first-order valence-electron chi connectivity index (χ1n) is 13.3. The van der Waals surface area contributed by atoms with E-state index in [1.807, 2.05) is 24.3 Å². The fraction of sp³-hybridized carbons (Fsp3) is 0.500. The molecule has 2 aliphatic heterocycles. The van der Waals surface area contributed by atoms with Gasteiger partial charge in [-0.1, -0.05) is 87.4 Å². The summed E-state index contributed by atoms with van der Waals surface area (Å²) in [4.78, 5) is 11.2. The molecule has 2 aromatic carbocycles. The van der Waals surface area contributed by atoms with Crippen LogP contribution in [0.1, 0.15) is 58.1 Å². The molecule has 1 aromatic heterocycles. The second-order valence-corrected chi connectivity index (χ2v) is 10.5. The molecular formula is C30H39N3O2. The number of aromatic amines is 1. The number of hydrogen-bond acceptors (Lipinski definition) is 4. The molecule has 0 aliphatic carbocycles. The van der Waals surface area contributed by atoms with E-state index in [0.29, 0.717) is 19.1 Å². The summed E-state index contributed by atoms with van der Waals surface area (Å²) in [6.45, 7) is 9.74. The summed E-state index contributed by atoms with van der Waals surface area (Å²) in [7, 11) is 0. The topological polar surface area (TPSA) is 50.4 Å². The predicted molar refractivity (Wildman–Crippen MR) is 141 cm³/mol. The summed E-state index contributed by atoms with van der Waals surface area (Å²) in [5, 5.41) is 0. The van der Waals surface area contributed by atoms with E-state index in [4.69, 9.17) is 14.5 Å². The van der Waals surface area contributed by atoms with Crippen LogP contribution in [-0.2, 0) is 9.47 Å². The number of piperidine rings is 1. The molecule has 0 radical (unpaired) electrons. The minimum atomic E-state index is -0.470. The lowest BCUT2D eigenvalue weighted by atomic mass is 9.74. The molecule has 0 amide bonds. The number of nitrogens with one attached hydrogen (secondary N) is 1. The van der Waals surface area contributed by atoms with Crippen LogP contribution in [0.5, 0.6) is 0 Å². The van der Waals surface area contributed by atoms with Crippen molar-refractivity contribution in [2.45, 2.75) is 52.2 Å². The molecule has 2 saturated heterocycles. The SMILES string of the molecule is CCC(CCN1CCCCC1)C1(C)COC(c2nc(-c3ccccc3)c(-c3ccccc3)[nH]2)OC1. The lowest BCUT2D eigenvalue weighted by Gasteiger charge is -2.43. The van der Waals surface area contributed by atoms with Gasteiger partial charge in [0, 0.05) is 16.5 Å². The molecular weight excluding hydrogens is 434 g/mol. The second kappa shape index (κ2) is 11.1. The zero-order chi connectivity index (χ0) is 24.1. The number of hydrogen-bond donors (Lipinski definition) is 1. The predicted octanol–water partition coefficient (Wildman–Crippen LogP) is 6.70. The summed E-state index contributed by atoms with van der Waals surface area (Å²) in [6.07, 6.45) is 5.98. The summed E-state index contributed by atoms with van der Waals surface area (Å²) in [6, 6.07) is 20.7. The molecule has 1 atom stereocenters. The number of likely N-dealkylation sites (tertiary alicyclic amines) is 1. The number of aromatic nitrogens is 2. The van der Waals surface area contributed by atoms with Gasteiger partial charge in [-0.3, -0.25) is 0 Å². The molecule has 5 nitrogen and oxygen atoms in total. The molecule has 35 heavy (non-hydrogen) atoms. The smallest absolute Gasteiger partial charge is 0.217 e. The van der Waals surface area contributed by atoms with Crippen LogP contribution < -0.4 is 0 Å². The number of ether oxygens (including phenoxy) is 2. The second-order valence-electron chi connectivity index (χ2n) is 10.5. The molecule has 3 heterocycles. The Bertz CT molecular complexity index is 995. The summed E-state index contributed by atoms with van der Waals surface area (Å²) in [5.41, 5.74) is 4.14. The van der Waals surface area contributed by atoms with E-state index in [1.165, 1.54) is 45.3 Å².